The van der Waals surface area contributed by atoms with Gasteiger partial charge in [0.1, 0.15) is 0 Å². The van der Waals surface area contributed by atoms with Crippen molar-refractivity contribution in [3.05, 3.63) is 0 Å². The summed E-state index contributed by atoms with van der Waals surface area (Å²) in [6.45, 7) is 0. The fraction of sp³-hybridized carbons (Fsp3) is 0.750. The highest BCUT2D eigenvalue weighted by molar-refractivity contribution is 7.81. The molecule has 0 aromatic carbocycles. The maximum Gasteiger partial charge on any atom is 0.235 e. The van der Waals surface area contributed by atoms with Crippen molar-refractivity contribution in [2.45, 2.75) is 35.4 Å². The number of hydrogen-bond donors (Lipinski definition) is 2. The van der Waals surface area contributed by atoms with Gasteiger partial charge in [-0.15, -0.1) is 0 Å². The molecule has 0 aromatic rings. The van der Waals surface area contributed by atoms with E-state index in [-0.39, 0.29) is 22.6 Å². The van der Waals surface area contributed by atoms with Gasteiger partial charge < -0.3 is 0 Å². The van der Waals surface area contributed by atoms with E-state index in [0.29, 0.717) is 12.8 Å². The minimum absolute atomic E-state index is 0.0676. The van der Waals surface area contributed by atoms with Gasteiger partial charge in [-0.3, -0.25) is 0 Å². The first-order valence-corrected chi connectivity index (χ1v) is 5.22. The minimum atomic E-state index is -0.170. The molecule has 4 unspecified atom stereocenters. The molecular weight excluding hydrogens is 220 g/mol. The first-order valence-electron chi connectivity index (χ1n) is 4.19. The van der Waals surface area contributed by atoms with Crippen molar-refractivity contribution < 1.29 is 9.59 Å². The number of rotatable bonds is 2. The van der Waals surface area contributed by atoms with Gasteiger partial charge in [0, 0.05) is 10.5 Å². The zero-order valence-electron chi connectivity index (χ0n) is 7.33. The zero-order chi connectivity index (χ0) is 10.6. The molecule has 0 aliphatic heterocycles. The lowest BCUT2D eigenvalue weighted by Crippen LogP contribution is -2.38. The van der Waals surface area contributed by atoms with Crippen LogP contribution in [-0.2, 0) is 9.59 Å². The second-order valence-corrected chi connectivity index (χ2v) is 4.51. The monoisotopic (exact) mass is 230 g/mol. The van der Waals surface area contributed by atoms with Crippen molar-refractivity contribution >= 4 is 37.4 Å². The maximum atomic E-state index is 10.1. The Kier molecular flexibility index (Phi) is 4.42. The van der Waals surface area contributed by atoms with Crippen LogP contribution in [0.15, 0.2) is 9.98 Å². The van der Waals surface area contributed by atoms with E-state index < -0.39 is 0 Å². The summed E-state index contributed by atoms with van der Waals surface area (Å²) in [5.74, 6) is 0. The van der Waals surface area contributed by atoms with Crippen LogP contribution >= 0.6 is 25.3 Å². The largest absolute Gasteiger partial charge is 0.235 e. The van der Waals surface area contributed by atoms with Gasteiger partial charge in [0.15, 0.2) is 0 Å². The summed E-state index contributed by atoms with van der Waals surface area (Å²) < 4.78 is 0. The van der Waals surface area contributed by atoms with Gasteiger partial charge >= 0.3 is 0 Å². The molecule has 76 valence electrons. The van der Waals surface area contributed by atoms with Crippen molar-refractivity contribution in [1.82, 2.24) is 0 Å². The third-order valence-corrected chi connectivity index (χ3v) is 3.40. The molecule has 0 N–H and O–H groups in total. The second kappa shape index (κ2) is 5.37. The lowest BCUT2D eigenvalue weighted by atomic mass is 9.91. The van der Waals surface area contributed by atoms with Gasteiger partial charge in [0.2, 0.25) is 12.2 Å². The summed E-state index contributed by atoms with van der Waals surface area (Å²) in [5.41, 5.74) is 0. The summed E-state index contributed by atoms with van der Waals surface area (Å²) in [6.07, 6.45) is 4.21. The Balaban J connectivity index is 2.70. The Labute approximate surface area is 92.7 Å². The molecule has 6 heteroatoms. The molecule has 0 heterocycles. The minimum Gasteiger partial charge on any atom is -0.211 e. The van der Waals surface area contributed by atoms with E-state index in [1.165, 1.54) is 12.2 Å². The van der Waals surface area contributed by atoms with Crippen molar-refractivity contribution in [1.29, 1.82) is 0 Å². The summed E-state index contributed by atoms with van der Waals surface area (Å²) in [4.78, 5) is 27.5. The molecule has 0 aromatic heterocycles. The molecular formula is C8H10N2O2S2. The Hall–Kier alpha value is -0.540. The van der Waals surface area contributed by atoms with E-state index in [1.807, 2.05) is 0 Å². The van der Waals surface area contributed by atoms with E-state index in [2.05, 4.69) is 35.2 Å². The van der Waals surface area contributed by atoms with Crippen LogP contribution in [0.5, 0.6) is 0 Å². The number of hydrogen-bond acceptors (Lipinski definition) is 6. The molecule has 1 fully saturated rings. The summed E-state index contributed by atoms with van der Waals surface area (Å²) in [7, 11) is 0. The summed E-state index contributed by atoms with van der Waals surface area (Å²) in [6, 6.07) is -0.340. The molecule has 0 saturated heterocycles. The van der Waals surface area contributed by atoms with E-state index >= 15 is 0 Å². The van der Waals surface area contributed by atoms with E-state index in [1.54, 1.807) is 0 Å². The second-order valence-electron chi connectivity index (χ2n) is 3.18. The molecule has 4 atom stereocenters. The van der Waals surface area contributed by atoms with E-state index in [9.17, 15) is 9.59 Å². The predicted octanol–water partition coefficient (Wildman–Crippen LogP) is 0.786. The standard InChI is InChI=1S/C8H10N2O2S2/c11-3-9-5-1-7(13)6(10-4-12)2-8(5)14/h5-8,13-14H,1-2H2. The molecule has 0 spiro atoms. The van der Waals surface area contributed by atoms with Gasteiger partial charge in [-0.05, 0) is 12.8 Å². The predicted molar refractivity (Wildman–Crippen MR) is 58.6 cm³/mol. The van der Waals surface area contributed by atoms with Crippen LogP contribution in [-0.4, -0.2) is 34.7 Å². The van der Waals surface area contributed by atoms with Crippen LogP contribution < -0.4 is 0 Å². The number of isocyanates is 2. The average molecular weight is 230 g/mol. The highest BCUT2D eigenvalue weighted by Crippen LogP contribution is 2.30. The molecule has 0 radical (unpaired) electrons. The maximum absolute atomic E-state index is 10.1. The quantitative estimate of drug-likeness (QED) is 0.418. The Morgan fingerprint density at radius 3 is 1.57 bits per heavy atom. The first kappa shape index (κ1) is 11.5. The van der Waals surface area contributed by atoms with Crippen molar-refractivity contribution in [3.63, 3.8) is 0 Å². The Morgan fingerprint density at radius 1 is 0.929 bits per heavy atom. The van der Waals surface area contributed by atoms with Crippen LogP contribution in [0.3, 0.4) is 0 Å². The molecule has 4 nitrogen and oxygen atoms in total. The first-order chi connectivity index (χ1) is 6.69. The SMILES string of the molecule is O=C=NC1CC(S)C(N=C=O)CC1S. The summed E-state index contributed by atoms with van der Waals surface area (Å²) >= 11 is 8.57. The highest BCUT2D eigenvalue weighted by atomic mass is 32.1. The molecule has 1 saturated carbocycles. The van der Waals surface area contributed by atoms with Gasteiger partial charge in [0.05, 0.1) is 12.1 Å². The molecule has 0 bridgehead atoms. The molecule has 14 heavy (non-hydrogen) atoms. The third-order valence-electron chi connectivity index (χ3n) is 2.29. The fourth-order valence-corrected chi connectivity index (χ4v) is 2.34. The van der Waals surface area contributed by atoms with Crippen molar-refractivity contribution in [3.8, 4) is 0 Å². The average Bonchev–Trinajstić information content (AvgIpc) is 2.14. The normalized spacial score (nSPS) is 36.7. The van der Waals surface area contributed by atoms with E-state index in [4.69, 9.17) is 0 Å². The van der Waals surface area contributed by atoms with Crippen molar-refractivity contribution in [2.75, 3.05) is 0 Å². The number of aliphatic imine (C=N–C) groups is 2. The van der Waals surface area contributed by atoms with Crippen molar-refractivity contribution in [2.24, 2.45) is 9.98 Å². The lowest BCUT2D eigenvalue weighted by molar-refractivity contribution is 0.417. The van der Waals surface area contributed by atoms with Gasteiger partial charge in [-0.25, -0.2) is 19.6 Å². The summed E-state index contributed by atoms with van der Waals surface area (Å²) in [5, 5.41) is -0.135. The van der Waals surface area contributed by atoms with Gasteiger partial charge in [0.25, 0.3) is 0 Å². The zero-order valence-corrected chi connectivity index (χ0v) is 9.12. The smallest absolute Gasteiger partial charge is 0.211 e. The fourth-order valence-electron chi connectivity index (χ4n) is 1.54. The van der Waals surface area contributed by atoms with Crippen LogP contribution in [0.25, 0.3) is 0 Å². The van der Waals surface area contributed by atoms with Crippen LogP contribution in [0, 0.1) is 0 Å². The van der Waals surface area contributed by atoms with Crippen LogP contribution in [0.2, 0.25) is 0 Å². The number of carbonyl (C=O) groups excluding carboxylic acids is 2. The third kappa shape index (κ3) is 2.72. The lowest BCUT2D eigenvalue weighted by Gasteiger charge is -2.31. The molecule has 0 amide bonds. The van der Waals surface area contributed by atoms with Crippen LogP contribution in [0.1, 0.15) is 12.8 Å². The molecule has 1 aliphatic rings. The van der Waals surface area contributed by atoms with Crippen LogP contribution in [0.4, 0.5) is 0 Å². The topological polar surface area (TPSA) is 58.9 Å². The molecule has 1 rings (SSSR count). The van der Waals surface area contributed by atoms with Gasteiger partial charge in [-0.2, -0.15) is 25.3 Å². The van der Waals surface area contributed by atoms with E-state index in [0.717, 1.165) is 0 Å². The van der Waals surface area contributed by atoms with Gasteiger partial charge in [-0.1, -0.05) is 0 Å². The Morgan fingerprint density at radius 2 is 1.29 bits per heavy atom. The number of nitrogens with zero attached hydrogens (tertiary/aromatic N) is 2. The molecule has 1 aliphatic carbocycles. The number of thiol groups is 2. The highest BCUT2D eigenvalue weighted by Gasteiger charge is 2.33. The Bertz CT molecular complexity index is 268.